The van der Waals surface area contributed by atoms with E-state index >= 15 is 0 Å². The summed E-state index contributed by atoms with van der Waals surface area (Å²) in [5, 5.41) is 3.11. The van der Waals surface area contributed by atoms with Gasteiger partial charge in [0.1, 0.15) is 5.82 Å². The zero-order valence-electron chi connectivity index (χ0n) is 10.8. The Morgan fingerprint density at radius 3 is 2.53 bits per heavy atom. The van der Waals surface area contributed by atoms with Crippen LogP contribution in [0.25, 0.3) is 6.08 Å². The highest BCUT2D eigenvalue weighted by Crippen LogP contribution is 2.44. The lowest BCUT2D eigenvalue weighted by atomic mass is 10.1. The highest BCUT2D eigenvalue weighted by Gasteiger charge is 2.41. The molecule has 0 saturated heterocycles. The quantitative estimate of drug-likeness (QED) is 0.809. The van der Waals surface area contributed by atoms with Gasteiger partial charge in [0.05, 0.1) is 0 Å². The Bertz CT molecular complexity index is 491. The minimum Gasteiger partial charge on any atom is -0.349 e. The lowest BCUT2D eigenvalue weighted by Crippen LogP contribution is -2.37. The van der Waals surface area contributed by atoms with Gasteiger partial charge in [-0.25, -0.2) is 4.39 Å². The third kappa shape index (κ3) is 3.43. The van der Waals surface area contributed by atoms with Crippen molar-refractivity contribution in [3.63, 3.8) is 0 Å². The fraction of sp³-hybridized carbons (Fsp3) is 0.438. The number of amides is 1. The summed E-state index contributed by atoms with van der Waals surface area (Å²) in [6, 6.07) is 6.61. The third-order valence-corrected chi connectivity index (χ3v) is 3.84. The molecule has 0 heterocycles. The maximum absolute atomic E-state index is 13.0. The normalized spacial score (nSPS) is 19.1. The van der Waals surface area contributed by atoms with Crippen LogP contribution in [0.2, 0.25) is 0 Å². The van der Waals surface area contributed by atoms with Crippen molar-refractivity contribution in [3.05, 3.63) is 41.7 Å². The van der Waals surface area contributed by atoms with E-state index in [1.807, 2.05) is 0 Å². The lowest BCUT2D eigenvalue weighted by Gasteiger charge is -2.16. The van der Waals surface area contributed by atoms with Crippen molar-refractivity contribution in [2.75, 3.05) is 0 Å². The maximum atomic E-state index is 13.0. The van der Waals surface area contributed by atoms with E-state index in [4.69, 9.17) is 0 Å². The molecule has 2 nitrogen and oxygen atoms in total. The van der Waals surface area contributed by atoms with E-state index in [0.717, 1.165) is 0 Å². The van der Waals surface area contributed by atoms with Crippen LogP contribution in [0.15, 0.2) is 30.3 Å². The number of carbonyl (C=O) groups excluding carboxylic acids is 1. The Kier molecular flexibility index (Phi) is 3.36. The van der Waals surface area contributed by atoms with E-state index in [-0.39, 0.29) is 11.7 Å². The average molecular weight is 259 g/mol. The van der Waals surface area contributed by atoms with Gasteiger partial charge in [0, 0.05) is 12.1 Å². The summed E-state index contributed by atoms with van der Waals surface area (Å²) in [5.74, 6) is 1.04. The molecule has 0 aromatic heterocycles. The van der Waals surface area contributed by atoms with E-state index in [9.17, 15) is 9.18 Å². The first kappa shape index (κ1) is 12.4. The number of halogens is 1. The Hall–Kier alpha value is -1.64. The molecule has 1 N–H and O–H groups in total. The minimum atomic E-state index is -0.281. The summed E-state index contributed by atoms with van der Waals surface area (Å²) >= 11 is 0. The number of carbonyl (C=O) groups is 1. The molecular weight excluding hydrogens is 241 g/mol. The van der Waals surface area contributed by atoms with Crippen molar-refractivity contribution in [2.45, 2.75) is 31.7 Å². The molecule has 1 aromatic carbocycles. The summed E-state index contributed by atoms with van der Waals surface area (Å²) in [7, 11) is 0. The average Bonchev–Trinajstić information content (AvgIpc) is 3.27. The highest BCUT2D eigenvalue weighted by molar-refractivity contribution is 5.92. The molecule has 0 spiro atoms. The molecule has 0 aliphatic heterocycles. The smallest absolute Gasteiger partial charge is 0.244 e. The van der Waals surface area contributed by atoms with Gasteiger partial charge in [-0.15, -0.1) is 0 Å². The second kappa shape index (κ2) is 5.16. The van der Waals surface area contributed by atoms with E-state index < -0.39 is 0 Å². The van der Waals surface area contributed by atoms with Crippen molar-refractivity contribution in [1.82, 2.24) is 5.32 Å². The molecular formula is C16H18FNO. The Morgan fingerprint density at radius 1 is 1.26 bits per heavy atom. The van der Waals surface area contributed by atoms with Gasteiger partial charge in [0.25, 0.3) is 0 Å². The van der Waals surface area contributed by atoms with Crippen LogP contribution >= 0.6 is 0 Å². The zero-order chi connectivity index (χ0) is 13.2. The van der Waals surface area contributed by atoms with Gasteiger partial charge in [-0.1, -0.05) is 12.1 Å². The van der Waals surface area contributed by atoms with Crippen molar-refractivity contribution in [1.29, 1.82) is 0 Å². The minimum absolute atomic E-state index is 0.0620. The van der Waals surface area contributed by atoms with Crippen LogP contribution in [0.3, 0.4) is 0 Å². The van der Waals surface area contributed by atoms with E-state index in [0.29, 0.717) is 23.4 Å². The number of hydrogen-bond acceptors (Lipinski definition) is 1. The molecule has 1 aromatic rings. The lowest BCUT2D eigenvalue weighted by molar-refractivity contribution is -0.117. The molecule has 100 valence electrons. The van der Waals surface area contributed by atoms with Gasteiger partial charge in [0.15, 0.2) is 0 Å². The molecule has 2 aliphatic rings. The molecule has 0 unspecified atom stereocenters. The van der Waals surface area contributed by atoms with E-state index in [2.05, 4.69) is 5.32 Å². The van der Waals surface area contributed by atoms with Crippen LogP contribution in [0, 0.1) is 17.7 Å². The zero-order valence-corrected chi connectivity index (χ0v) is 10.8. The fourth-order valence-electron chi connectivity index (χ4n) is 2.53. The summed E-state index contributed by atoms with van der Waals surface area (Å²) < 4.78 is 13.0. The van der Waals surface area contributed by atoms with Crippen molar-refractivity contribution in [2.24, 2.45) is 11.8 Å². The molecule has 0 atom stereocenters. The number of benzene rings is 1. The predicted octanol–water partition coefficient (Wildman–Crippen LogP) is 3.14. The second-order valence-electron chi connectivity index (χ2n) is 5.60. The third-order valence-electron chi connectivity index (χ3n) is 3.84. The Labute approximate surface area is 112 Å². The number of nitrogens with one attached hydrogen (secondary N) is 1. The van der Waals surface area contributed by atoms with Gasteiger partial charge < -0.3 is 5.32 Å². The van der Waals surface area contributed by atoms with E-state index in [1.54, 1.807) is 18.2 Å². The summed E-state index contributed by atoms with van der Waals surface area (Å²) in [4.78, 5) is 11.9. The summed E-state index contributed by atoms with van der Waals surface area (Å²) in [6.45, 7) is 0. The van der Waals surface area contributed by atoms with Crippen LogP contribution in [0.5, 0.6) is 0 Å². The van der Waals surface area contributed by atoms with Crippen molar-refractivity contribution >= 4 is 12.0 Å². The van der Waals surface area contributed by atoms with Crippen LogP contribution < -0.4 is 5.32 Å². The first-order valence-electron chi connectivity index (χ1n) is 6.96. The molecule has 2 aliphatic carbocycles. The molecule has 2 saturated carbocycles. The SMILES string of the molecule is O=C(/C=C/c1cccc(F)c1)NC(C1CC1)C1CC1. The standard InChI is InChI=1S/C16H18FNO/c17-14-3-1-2-11(10-14)4-9-15(19)18-16(12-5-6-12)13-7-8-13/h1-4,9-10,12-13,16H,5-8H2,(H,18,19)/b9-4+. The second-order valence-corrected chi connectivity index (χ2v) is 5.60. The van der Waals surface area contributed by atoms with Gasteiger partial charge in [-0.3, -0.25) is 4.79 Å². The van der Waals surface area contributed by atoms with E-state index in [1.165, 1.54) is 43.9 Å². The molecule has 3 heteroatoms. The number of rotatable bonds is 5. The van der Waals surface area contributed by atoms with Gasteiger partial charge >= 0.3 is 0 Å². The molecule has 0 radical (unpaired) electrons. The van der Waals surface area contributed by atoms with Crippen molar-refractivity contribution in [3.8, 4) is 0 Å². The first-order chi connectivity index (χ1) is 9.22. The topological polar surface area (TPSA) is 29.1 Å². The molecule has 19 heavy (non-hydrogen) atoms. The first-order valence-corrected chi connectivity index (χ1v) is 6.96. The van der Waals surface area contributed by atoms with Crippen LogP contribution in [-0.2, 0) is 4.79 Å². The van der Waals surface area contributed by atoms with Crippen LogP contribution in [0.4, 0.5) is 4.39 Å². The largest absolute Gasteiger partial charge is 0.349 e. The summed E-state index contributed by atoms with van der Waals surface area (Å²) in [5.41, 5.74) is 0.713. The van der Waals surface area contributed by atoms with Gasteiger partial charge in [-0.05, 0) is 61.3 Å². The van der Waals surface area contributed by atoms with Crippen LogP contribution in [0.1, 0.15) is 31.2 Å². The number of hydrogen-bond donors (Lipinski definition) is 1. The molecule has 1 amide bonds. The fourth-order valence-corrected chi connectivity index (χ4v) is 2.53. The van der Waals surface area contributed by atoms with Crippen LogP contribution in [-0.4, -0.2) is 11.9 Å². The van der Waals surface area contributed by atoms with Crippen molar-refractivity contribution < 1.29 is 9.18 Å². The maximum Gasteiger partial charge on any atom is 0.244 e. The highest BCUT2D eigenvalue weighted by atomic mass is 19.1. The molecule has 0 bridgehead atoms. The van der Waals surface area contributed by atoms with Gasteiger partial charge in [0.2, 0.25) is 5.91 Å². The molecule has 3 rings (SSSR count). The predicted molar refractivity (Wildman–Crippen MR) is 72.8 cm³/mol. The van der Waals surface area contributed by atoms with Gasteiger partial charge in [-0.2, -0.15) is 0 Å². The Balaban J connectivity index is 1.58. The molecule has 2 fully saturated rings. The summed E-state index contributed by atoms with van der Waals surface area (Å²) in [6.07, 6.45) is 8.15. The Morgan fingerprint density at radius 2 is 1.95 bits per heavy atom. The monoisotopic (exact) mass is 259 g/mol.